The number of methoxy groups -OCH3 is 1. The van der Waals surface area contributed by atoms with Crippen molar-refractivity contribution < 1.29 is 13.9 Å². The predicted molar refractivity (Wildman–Crippen MR) is 94.0 cm³/mol. The monoisotopic (exact) mass is 343 g/mol. The molecule has 0 aliphatic carbocycles. The van der Waals surface area contributed by atoms with Crippen LogP contribution in [0.15, 0.2) is 36.4 Å². The van der Waals surface area contributed by atoms with Gasteiger partial charge in [-0.1, -0.05) is 6.07 Å². The fourth-order valence-electron chi connectivity index (χ4n) is 3.05. The van der Waals surface area contributed by atoms with Gasteiger partial charge in [-0.2, -0.15) is 0 Å². The van der Waals surface area contributed by atoms with Crippen LogP contribution in [0, 0.1) is 12.7 Å². The second-order valence-electron chi connectivity index (χ2n) is 6.17. The fourth-order valence-corrected chi connectivity index (χ4v) is 3.05. The van der Waals surface area contributed by atoms with Crippen LogP contribution in [0.1, 0.15) is 33.0 Å². The molecule has 1 saturated heterocycles. The highest BCUT2D eigenvalue weighted by Gasteiger charge is 2.19. The van der Waals surface area contributed by atoms with Crippen LogP contribution in [0.4, 0.5) is 4.39 Å². The van der Waals surface area contributed by atoms with Crippen LogP contribution in [0.25, 0.3) is 0 Å². The molecule has 0 unspecified atom stereocenters. The van der Waals surface area contributed by atoms with Crippen molar-refractivity contribution in [2.24, 2.45) is 0 Å². The Morgan fingerprint density at radius 3 is 2.68 bits per heavy atom. The third-order valence-electron chi connectivity index (χ3n) is 4.49. The van der Waals surface area contributed by atoms with Gasteiger partial charge in [-0.25, -0.2) is 4.39 Å². The molecular formula is C19H22FN3O2. The summed E-state index contributed by atoms with van der Waals surface area (Å²) in [4.78, 5) is 12.4. The first-order valence-electron chi connectivity index (χ1n) is 8.25. The summed E-state index contributed by atoms with van der Waals surface area (Å²) in [5, 5.41) is 2.76. The van der Waals surface area contributed by atoms with E-state index in [0.29, 0.717) is 22.8 Å². The lowest BCUT2D eigenvalue weighted by Gasteiger charge is -2.13. The summed E-state index contributed by atoms with van der Waals surface area (Å²) in [6, 6.07) is 10.2. The molecule has 1 fully saturated rings. The van der Waals surface area contributed by atoms with Crippen molar-refractivity contribution >= 4 is 5.91 Å². The number of rotatable bonds is 5. The van der Waals surface area contributed by atoms with Crippen molar-refractivity contribution in [2.75, 3.05) is 20.2 Å². The van der Waals surface area contributed by atoms with Gasteiger partial charge in [0, 0.05) is 36.7 Å². The van der Waals surface area contributed by atoms with Gasteiger partial charge in [-0.05, 0) is 48.4 Å². The lowest BCUT2D eigenvalue weighted by Crippen LogP contribution is -2.23. The number of hydrogen-bond acceptors (Lipinski definition) is 4. The highest BCUT2D eigenvalue weighted by Crippen LogP contribution is 2.22. The minimum absolute atomic E-state index is 0.110. The normalized spacial score (nSPS) is 14.5. The molecule has 0 saturated carbocycles. The number of carbonyl (C=O) groups excluding carboxylic acids is 1. The minimum Gasteiger partial charge on any atom is -0.497 e. The Kier molecular flexibility index (Phi) is 5.31. The van der Waals surface area contributed by atoms with E-state index in [1.165, 1.54) is 18.7 Å². The number of ether oxygens (including phenoxy) is 1. The van der Waals surface area contributed by atoms with Crippen molar-refractivity contribution in [2.45, 2.75) is 19.4 Å². The Hall–Kier alpha value is -2.44. The zero-order valence-electron chi connectivity index (χ0n) is 14.4. The standard InChI is InChI=1S/C19H22FN3O2/c1-12-7-13(3-5-17(12)15-10-22-23-11-15)19(24)21-9-14-8-16(25-2)4-6-18(14)20/h3-8,15,22-23H,9-11H2,1-2H3,(H,21,24). The number of aryl methyl sites for hydroxylation is 1. The quantitative estimate of drug-likeness (QED) is 0.779. The number of carbonyl (C=O) groups is 1. The van der Waals surface area contributed by atoms with Gasteiger partial charge in [0.15, 0.2) is 0 Å². The van der Waals surface area contributed by atoms with E-state index in [1.807, 2.05) is 25.1 Å². The SMILES string of the molecule is COc1ccc(F)c(CNC(=O)c2ccc(C3CNNC3)c(C)c2)c1. The van der Waals surface area contributed by atoms with Crippen LogP contribution in [-0.2, 0) is 6.54 Å². The molecule has 0 spiro atoms. The molecule has 2 aromatic carbocycles. The van der Waals surface area contributed by atoms with Crippen LogP contribution >= 0.6 is 0 Å². The number of benzene rings is 2. The van der Waals surface area contributed by atoms with Crippen LogP contribution < -0.4 is 20.9 Å². The molecule has 132 valence electrons. The first-order valence-corrected chi connectivity index (χ1v) is 8.25. The number of hydrazine groups is 1. The molecular weight excluding hydrogens is 321 g/mol. The number of nitrogens with one attached hydrogen (secondary N) is 3. The summed E-state index contributed by atoms with van der Waals surface area (Å²) in [7, 11) is 1.52. The van der Waals surface area contributed by atoms with Crippen molar-refractivity contribution in [3.8, 4) is 5.75 Å². The van der Waals surface area contributed by atoms with Gasteiger partial charge in [0.2, 0.25) is 0 Å². The highest BCUT2D eigenvalue weighted by molar-refractivity contribution is 5.94. The van der Waals surface area contributed by atoms with Crippen LogP contribution in [0.2, 0.25) is 0 Å². The number of amides is 1. The lowest BCUT2D eigenvalue weighted by atomic mass is 9.94. The molecule has 3 N–H and O–H groups in total. The summed E-state index contributed by atoms with van der Waals surface area (Å²) in [6.07, 6.45) is 0. The van der Waals surface area contributed by atoms with Gasteiger partial charge in [0.05, 0.1) is 7.11 Å². The number of hydrogen-bond donors (Lipinski definition) is 3. The molecule has 1 amide bonds. The molecule has 1 heterocycles. The molecule has 2 aromatic rings. The first-order chi connectivity index (χ1) is 12.1. The predicted octanol–water partition coefficient (Wildman–Crippen LogP) is 2.26. The average molecular weight is 343 g/mol. The van der Waals surface area contributed by atoms with E-state index < -0.39 is 0 Å². The minimum atomic E-state index is -0.367. The average Bonchev–Trinajstić information content (AvgIpc) is 3.15. The molecule has 1 aliphatic heterocycles. The molecule has 6 heteroatoms. The number of halogens is 1. The van der Waals surface area contributed by atoms with E-state index in [-0.39, 0.29) is 18.3 Å². The van der Waals surface area contributed by atoms with Crippen molar-refractivity contribution in [3.05, 3.63) is 64.5 Å². The van der Waals surface area contributed by atoms with Gasteiger partial charge >= 0.3 is 0 Å². The molecule has 0 aromatic heterocycles. The second-order valence-corrected chi connectivity index (χ2v) is 6.17. The van der Waals surface area contributed by atoms with Gasteiger partial charge < -0.3 is 10.1 Å². The fraction of sp³-hybridized carbons (Fsp3) is 0.316. The van der Waals surface area contributed by atoms with Gasteiger partial charge in [0.1, 0.15) is 11.6 Å². The maximum absolute atomic E-state index is 13.8. The van der Waals surface area contributed by atoms with Crippen LogP contribution in [0.3, 0.4) is 0 Å². The third kappa shape index (κ3) is 3.97. The summed E-state index contributed by atoms with van der Waals surface area (Å²) < 4.78 is 18.9. The van der Waals surface area contributed by atoms with Crippen LogP contribution in [0.5, 0.6) is 5.75 Å². The largest absolute Gasteiger partial charge is 0.497 e. The van der Waals surface area contributed by atoms with E-state index in [9.17, 15) is 9.18 Å². The van der Waals surface area contributed by atoms with E-state index in [2.05, 4.69) is 16.2 Å². The Balaban J connectivity index is 1.68. The molecule has 0 bridgehead atoms. The molecule has 25 heavy (non-hydrogen) atoms. The molecule has 5 nitrogen and oxygen atoms in total. The van der Waals surface area contributed by atoms with E-state index in [4.69, 9.17) is 4.74 Å². The Labute approximate surface area is 146 Å². The molecule has 1 aliphatic rings. The van der Waals surface area contributed by atoms with Gasteiger partial charge in [-0.15, -0.1) is 0 Å². The molecule has 0 atom stereocenters. The van der Waals surface area contributed by atoms with Crippen molar-refractivity contribution in [3.63, 3.8) is 0 Å². The van der Waals surface area contributed by atoms with Gasteiger partial charge in [0.25, 0.3) is 5.91 Å². The van der Waals surface area contributed by atoms with Crippen molar-refractivity contribution in [1.29, 1.82) is 0 Å². The summed E-state index contributed by atoms with van der Waals surface area (Å²) in [6.45, 7) is 3.87. The zero-order chi connectivity index (χ0) is 17.8. The summed E-state index contributed by atoms with van der Waals surface area (Å²) in [5.74, 6) is 0.376. The third-order valence-corrected chi connectivity index (χ3v) is 4.49. The first kappa shape index (κ1) is 17.4. The van der Waals surface area contributed by atoms with Gasteiger partial charge in [-0.3, -0.25) is 15.6 Å². The molecule has 3 rings (SSSR count). The zero-order valence-corrected chi connectivity index (χ0v) is 14.4. The summed E-state index contributed by atoms with van der Waals surface area (Å²) in [5.41, 5.74) is 9.50. The van der Waals surface area contributed by atoms with Crippen LogP contribution in [-0.4, -0.2) is 26.1 Å². The second kappa shape index (κ2) is 7.63. The van der Waals surface area contributed by atoms with E-state index in [0.717, 1.165) is 18.7 Å². The maximum Gasteiger partial charge on any atom is 0.251 e. The Bertz CT molecular complexity index is 773. The Morgan fingerprint density at radius 1 is 1.24 bits per heavy atom. The summed E-state index contributed by atoms with van der Waals surface area (Å²) >= 11 is 0. The van der Waals surface area contributed by atoms with Crippen molar-refractivity contribution in [1.82, 2.24) is 16.2 Å². The molecule has 0 radical (unpaired) electrons. The topological polar surface area (TPSA) is 62.4 Å². The lowest BCUT2D eigenvalue weighted by molar-refractivity contribution is 0.0950. The smallest absolute Gasteiger partial charge is 0.251 e. The van der Waals surface area contributed by atoms with E-state index in [1.54, 1.807) is 12.1 Å². The Morgan fingerprint density at radius 2 is 2.00 bits per heavy atom. The maximum atomic E-state index is 13.8. The highest BCUT2D eigenvalue weighted by atomic mass is 19.1. The van der Waals surface area contributed by atoms with E-state index >= 15 is 0 Å².